The molecule has 1 amide bonds. The molecule has 3 saturated carbocycles. The summed E-state index contributed by atoms with van der Waals surface area (Å²) in [7, 11) is 12.0. The summed E-state index contributed by atoms with van der Waals surface area (Å²) < 4.78 is 32.8. The number of aliphatic hydroxyl groups is 6. The largest absolute Gasteiger partial charge is 0.504 e. The second-order valence-corrected chi connectivity index (χ2v) is 35.9. The van der Waals surface area contributed by atoms with E-state index >= 15 is 0 Å². The van der Waals surface area contributed by atoms with E-state index in [4.69, 9.17) is 23.7 Å². The summed E-state index contributed by atoms with van der Waals surface area (Å²) in [5, 5.41) is 103. The van der Waals surface area contributed by atoms with Crippen molar-refractivity contribution in [1.29, 1.82) is 0 Å². The Hall–Kier alpha value is -3.03. The van der Waals surface area contributed by atoms with E-state index in [0.29, 0.717) is 67.6 Å². The number of carbonyl (C=O) groups is 1. The highest BCUT2D eigenvalue weighted by Crippen LogP contribution is 2.72. The van der Waals surface area contributed by atoms with Crippen LogP contribution in [0.25, 0.3) is 10.8 Å². The highest BCUT2D eigenvalue weighted by atomic mass is 33.1. The van der Waals surface area contributed by atoms with E-state index in [1.807, 2.05) is 79.7 Å². The molecule has 3 saturated heterocycles. The van der Waals surface area contributed by atoms with E-state index in [2.05, 4.69) is 29.4 Å². The molecule has 0 radical (unpaired) electrons. The van der Waals surface area contributed by atoms with Gasteiger partial charge in [0.2, 0.25) is 11.7 Å². The second-order valence-electron chi connectivity index (χ2n) is 28.2. The number of amides is 1. The first-order valence-corrected chi connectivity index (χ1v) is 41.1. The van der Waals surface area contributed by atoms with Crippen molar-refractivity contribution >= 4 is 81.4 Å². The van der Waals surface area contributed by atoms with Crippen LogP contribution >= 0.6 is 64.8 Å². The Morgan fingerprint density at radius 3 is 2.49 bits per heavy atom. The van der Waals surface area contributed by atoms with Gasteiger partial charge >= 0.3 is 0 Å². The Bertz CT molecular complexity index is 3320. The highest BCUT2D eigenvalue weighted by molar-refractivity contribution is 8.77. The molecule has 3 aliphatic carbocycles. The molecule has 508 valence electrons. The summed E-state index contributed by atoms with van der Waals surface area (Å²) in [4.78, 5) is 14.3. The number of aryl methyl sites for hydroxylation is 1. The standard InChI is InChI=1S/C70H93N3O14S6/c1-39-17-45-32-89-88-31-40-12-14-70(26-39)66(45)43-13-15-69(70)27-47-10-11-53(69)55(71-28-40)34-91-90-33-52-65(59(79)21-43)54(72-68(52)82)7-4-16-84-36-73-29-44-5-3-6-48(51(44)30-73)57(77)25-64-49-24-58(78)61(87-47)22-42(49)8-9-46(85-37-74)23-56(76)50(60(80)35-92-93-64)18-41-19-62(83-2)67(81)63(20-41)86-38-75/h3,5-6,19-20,22,24,29-30,39-40,43,45-47,50,52-57,59-60,64-66,71,74-81H,4,7-11,13,15-18,21,23,25-28,31-38H2,1-2H3,(H,72,82)/t39-,40+,43-,45+,46+,47+,50-,52+,53+,54-,55+,56-,57+,59-,60-,64-,65-,66-,69-,70-/m1/s1. The molecule has 20 atom stereocenters. The molecule has 93 heavy (non-hydrogen) atoms. The second kappa shape index (κ2) is 30.2. The van der Waals surface area contributed by atoms with Gasteiger partial charge < -0.3 is 79.7 Å². The molecule has 16 rings (SSSR count). The zero-order chi connectivity index (χ0) is 64.5. The molecule has 6 fully saturated rings. The molecular formula is C70H93N3O14S6. The van der Waals surface area contributed by atoms with Crippen molar-refractivity contribution in [2.45, 2.75) is 164 Å². The minimum atomic E-state index is -1.14. The third-order valence-corrected chi connectivity index (χ3v) is 30.6. The maximum absolute atomic E-state index is 14.3. The van der Waals surface area contributed by atoms with Crippen molar-refractivity contribution in [3.05, 3.63) is 77.1 Å². The quantitative estimate of drug-likeness (QED) is 0.0469. The first-order chi connectivity index (χ1) is 45.2. The number of hydrogen-bond acceptors (Lipinski definition) is 21. The minimum absolute atomic E-state index is 0.00353. The SMILES string of the molecule is COc1cc(C[C@H]2[C@H](O)CSS[C@@H]3C[C@H](O)c4cccc5cn(cc45)COCCC[C@H]4NC(=O)[C@H]5CSSC[C@@H]6NC[C@@H]7C#C[C@@]89C[C@H](C)C[C@@H](CSSC7)[C@H]8[C@H](CC[C@]97C[C@H](CC[C@@H]67)Oc6cc(c3cc6O)CC[C@H](OCO)C[C@H]2O)C[C@@H](O)[C@H]54)cc(OCO)c1O. The molecule has 1 aromatic heterocycles. The number of benzene rings is 3. The van der Waals surface area contributed by atoms with Crippen LogP contribution in [0.15, 0.2) is 54.9 Å². The number of methoxy groups -OCH3 is 1. The van der Waals surface area contributed by atoms with Gasteiger partial charge in [-0.25, -0.2) is 0 Å². The number of carbonyl (C=O) groups excluding carboxylic acids is 1. The van der Waals surface area contributed by atoms with E-state index in [9.17, 15) is 45.6 Å². The lowest BCUT2D eigenvalue weighted by molar-refractivity contribution is -0.180. The minimum Gasteiger partial charge on any atom is -0.504 e. The molecule has 3 aromatic carbocycles. The van der Waals surface area contributed by atoms with Crippen LogP contribution in [-0.4, -0.2) is 157 Å². The predicted molar refractivity (Wildman–Crippen MR) is 371 cm³/mol. The average molecular weight is 1390 g/mol. The van der Waals surface area contributed by atoms with Crippen molar-refractivity contribution in [2.75, 3.05) is 62.6 Å². The smallest absolute Gasteiger partial charge is 0.224 e. The van der Waals surface area contributed by atoms with Crippen molar-refractivity contribution in [3.63, 3.8) is 0 Å². The van der Waals surface area contributed by atoms with Crippen molar-refractivity contribution in [1.82, 2.24) is 15.2 Å². The molecule has 2 spiro atoms. The lowest BCUT2D eigenvalue weighted by Gasteiger charge is -2.68. The molecule has 10 heterocycles. The number of nitrogens with one attached hydrogen (secondary N) is 2. The summed E-state index contributed by atoms with van der Waals surface area (Å²) >= 11 is 0. The molecule has 4 aromatic rings. The van der Waals surface area contributed by atoms with Gasteiger partial charge in [0.05, 0.1) is 49.7 Å². The zero-order valence-electron chi connectivity index (χ0n) is 53.2. The number of nitrogens with zero attached hydrogens (tertiary/aromatic N) is 1. The van der Waals surface area contributed by atoms with Gasteiger partial charge in [-0.3, -0.25) is 4.79 Å². The Morgan fingerprint density at radius 1 is 0.806 bits per heavy atom. The van der Waals surface area contributed by atoms with Crippen LogP contribution in [0.3, 0.4) is 0 Å². The molecule has 0 unspecified atom stereocenters. The number of hydrogen-bond donors (Lipinski definition) is 10. The first kappa shape index (κ1) is 68.5. The maximum atomic E-state index is 14.3. The fourth-order valence-corrected chi connectivity index (χ4v) is 27.0. The fraction of sp³-hybridized carbons (Fsp3) is 0.671. The number of fused-ring (bicyclic) bond motifs is 5. The summed E-state index contributed by atoms with van der Waals surface area (Å²) in [5.74, 6) is 12.6. The Labute approximate surface area is 570 Å². The van der Waals surface area contributed by atoms with Crippen LogP contribution in [0.2, 0.25) is 0 Å². The summed E-state index contributed by atoms with van der Waals surface area (Å²) in [5.41, 5.74) is 2.32. The summed E-state index contributed by atoms with van der Waals surface area (Å²) in [6, 6.07) is 12.9. The number of aromatic hydroxyl groups is 2. The summed E-state index contributed by atoms with van der Waals surface area (Å²) in [6.07, 6.45) is 8.75. The van der Waals surface area contributed by atoms with Gasteiger partial charge in [-0.15, -0.1) is 0 Å². The van der Waals surface area contributed by atoms with E-state index in [-0.39, 0.29) is 125 Å². The zero-order valence-corrected chi connectivity index (χ0v) is 58.1. The van der Waals surface area contributed by atoms with Crippen LogP contribution in [0.1, 0.15) is 124 Å². The number of aliphatic hydroxyl groups excluding tert-OH is 6. The van der Waals surface area contributed by atoms with Gasteiger partial charge in [0.25, 0.3) is 0 Å². The van der Waals surface area contributed by atoms with Gasteiger partial charge in [-0.2, -0.15) is 0 Å². The van der Waals surface area contributed by atoms with E-state index in [1.165, 1.54) is 28.7 Å². The van der Waals surface area contributed by atoms with Crippen LogP contribution in [-0.2, 0) is 33.8 Å². The van der Waals surface area contributed by atoms with Crippen molar-refractivity contribution in [2.24, 2.45) is 64.1 Å². The number of phenols is 2. The van der Waals surface area contributed by atoms with Gasteiger partial charge in [-0.1, -0.05) is 102 Å². The molecule has 23 heteroatoms. The summed E-state index contributed by atoms with van der Waals surface area (Å²) in [6.45, 7) is 2.69. The highest BCUT2D eigenvalue weighted by Gasteiger charge is 2.68. The first-order valence-electron chi connectivity index (χ1n) is 33.8. The fourth-order valence-electron chi connectivity index (χ4n) is 18.8. The molecule has 12 aliphatic rings. The molecule has 17 nitrogen and oxygen atoms in total. The third kappa shape index (κ3) is 14.3. The Kier molecular flexibility index (Phi) is 22.2. The Morgan fingerprint density at radius 2 is 1.65 bits per heavy atom. The van der Waals surface area contributed by atoms with Gasteiger partial charge in [0.15, 0.2) is 29.8 Å². The third-order valence-electron chi connectivity index (χ3n) is 22.8. The van der Waals surface area contributed by atoms with Crippen LogP contribution in [0.4, 0.5) is 0 Å². The molecule has 14 bridgehead atoms. The average Bonchev–Trinajstić information content (AvgIpc) is 1.34. The Balaban J connectivity index is 0.913. The molecule has 9 aliphatic heterocycles. The molecule has 10 N–H and O–H groups in total. The number of aromatic nitrogens is 1. The molecular weight excluding hydrogens is 1300 g/mol. The lowest BCUT2D eigenvalue weighted by atomic mass is 9.36. The van der Waals surface area contributed by atoms with Crippen LogP contribution in [0.5, 0.6) is 28.7 Å². The number of rotatable bonds is 7. The van der Waals surface area contributed by atoms with Gasteiger partial charge in [-0.05, 0) is 183 Å². The van der Waals surface area contributed by atoms with Gasteiger partial charge in [0, 0.05) is 100 Å². The predicted octanol–water partition coefficient (Wildman–Crippen LogP) is 10.4. The topological polar surface area (TPSA) is 254 Å². The van der Waals surface area contributed by atoms with E-state index in [1.54, 1.807) is 22.9 Å². The van der Waals surface area contributed by atoms with Crippen LogP contribution in [0, 0.1) is 75.9 Å². The van der Waals surface area contributed by atoms with Crippen molar-refractivity contribution < 1.29 is 69.3 Å². The van der Waals surface area contributed by atoms with Crippen molar-refractivity contribution in [3.8, 4) is 40.6 Å². The van der Waals surface area contributed by atoms with E-state index in [0.717, 1.165) is 96.2 Å². The number of phenolic OH excluding ortho intramolecular Hbond substituents is 2. The van der Waals surface area contributed by atoms with E-state index < -0.39 is 55.3 Å². The van der Waals surface area contributed by atoms with Crippen LogP contribution < -0.4 is 24.8 Å². The monoisotopic (exact) mass is 1390 g/mol. The number of ether oxygens (including phenoxy) is 5. The lowest BCUT2D eigenvalue weighted by Crippen LogP contribution is -2.65. The van der Waals surface area contributed by atoms with Gasteiger partial charge in [0.1, 0.15) is 13.5 Å². The maximum Gasteiger partial charge on any atom is 0.224 e. The normalized spacial score (nSPS) is 37.8.